The van der Waals surface area contributed by atoms with Crippen molar-refractivity contribution < 1.29 is 14.3 Å². The van der Waals surface area contributed by atoms with Crippen LogP contribution in [0, 0.1) is 5.92 Å². The van der Waals surface area contributed by atoms with E-state index in [1.165, 1.54) is 17.5 Å². The molecule has 0 saturated carbocycles. The number of fused-ring (bicyclic) bond motifs is 1. The average Bonchev–Trinajstić information content (AvgIpc) is 2.79. The zero-order valence-electron chi connectivity index (χ0n) is 17.9. The number of amides is 2. The minimum absolute atomic E-state index is 0.0455. The van der Waals surface area contributed by atoms with Gasteiger partial charge in [0.15, 0.2) is 11.5 Å². The molecule has 1 unspecified atom stereocenters. The molecule has 30 heavy (non-hydrogen) atoms. The molecule has 0 aliphatic carbocycles. The molecular formula is C24H31N3O3. The predicted molar refractivity (Wildman–Crippen MR) is 118 cm³/mol. The molecule has 160 valence electrons. The molecule has 2 amide bonds. The van der Waals surface area contributed by atoms with Crippen molar-refractivity contribution in [2.24, 2.45) is 5.92 Å². The topological polar surface area (TPSA) is 54.0 Å². The van der Waals surface area contributed by atoms with Crippen molar-refractivity contribution in [3.8, 4) is 11.5 Å². The number of ether oxygens (including phenoxy) is 2. The van der Waals surface area contributed by atoms with E-state index < -0.39 is 0 Å². The van der Waals surface area contributed by atoms with E-state index in [-0.39, 0.29) is 6.03 Å². The number of nitrogens with zero attached hydrogens (tertiary/aromatic N) is 2. The minimum atomic E-state index is -0.0455. The number of nitrogens with one attached hydrogen (secondary N) is 1. The molecule has 1 atom stereocenters. The van der Waals surface area contributed by atoms with Gasteiger partial charge >= 0.3 is 6.03 Å². The number of rotatable bonds is 5. The minimum Gasteiger partial charge on any atom is -0.493 e. The Kier molecular flexibility index (Phi) is 6.43. The van der Waals surface area contributed by atoms with E-state index in [4.69, 9.17) is 9.47 Å². The molecule has 4 rings (SSSR count). The highest BCUT2D eigenvalue weighted by atomic mass is 16.5. The van der Waals surface area contributed by atoms with E-state index in [1.54, 1.807) is 20.3 Å². The number of hydrogen-bond donors (Lipinski definition) is 1. The highest BCUT2D eigenvalue weighted by Crippen LogP contribution is 2.30. The van der Waals surface area contributed by atoms with Gasteiger partial charge in [0.1, 0.15) is 0 Å². The van der Waals surface area contributed by atoms with Gasteiger partial charge in [0.25, 0.3) is 0 Å². The Morgan fingerprint density at radius 3 is 2.67 bits per heavy atom. The van der Waals surface area contributed by atoms with Gasteiger partial charge in [-0.25, -0.2) is 4.79 Å². The number of hydrogen-bond acceptors (Lipinski definition) is 4. The van der Waals surface area contributed by atoms with Crippen LogP contribution in [0.4, 0.5) is 10.5 Å². The van der Waals surface area contributed by atoms with Crippen molar-refractivity contribution in [1.29, 1.82) is 0 Å². The lowest BCUT2D eigenvalue weighted by molar-refractivity contribution is 0.140. The van der Waals surface area contributed by atoms with Crippen LogP contribution in [-0.4, -0.2) is 56.2 Å². The van der Waals surface area contributed by atoms with Gasteiger partial charge in [0, 0.05) is 44.5 Å². The van der Waals surface area contributed by atoms with Crippen LogP contribution in [-0.2, 0) is 13.0 Å². The highest BCUT2D eigenvalue weighted by Gasteiger charge is 2.26. The molecule has 6 heteroatoms. The molecule has 2 aromatic carbocycles. The lowest BCUT2D eigenvalue weighted by Crippen LogP contribution is -2.46. The zero-order valence-corrected chi connectivity index (χ0v) is 17.9. The molecule has 2 heterocycles. The van der Waals surface area contributed by atoms with Crippen LogP contribution in [0.1, 0.15) is 24.0 Å². The Hall–Kier alpha value is -2.73. The van der Waals surface area contributed by atoms with Crippen molar-refractivity contribution in [3.05, 3.63) is 53.6 Å². The summed E-state index contributed by atoms with van der Waals surface area (Å²) in [5.41, 5.74) is 3.64. The third-order valence-corrected chi connectivity index (χ3v) is 6.17. The molecule has 1 saturated heterocycles. The second-order valence-electron chi connectivity index (χ2n) is 8.21. The fourth-order valence-corrected chi connectivity index (χ4v) is 4.59. The summed E-state index contributed by atoms with van der Waals surface area (Å²) in [5, 5.41) is 3.01. The molecule has 1 fully saturated rings. The van der Waals surface area contributed by atoms with E-state index in [0.29, 0.717) is 23.1 Å². The van der Waals surface area contributed by atoms with Crippen LogP contribution in [0.5, 0.6) is 11.5 Å². The molecule has 2 aromatic rings. The second-order valence-corrected chi connectivity index (χ2v) is 8.21. The Morgan fingerprint density at radius 1 is 1.07 bits per heavy atom. The van der Waals surface area contributed by atoms with Gasteiger partial charge in [-0.1, -0.05) is 24.3 Å². The van der Waals surface area contributed by atoms with Gasteiger partial charge in [-0.05, 0) is 48.4 Å². The number of piperidine rings is 1. The smallest absolute Gasteiger partial charge is 0.321 e. The number of likely N-dealkylation sites (tertiary alicyclic amines) is 1. The number of carbonyl (C=O) groups is 1. The molecule has 0 spiro atoms. The Labute approximate surface area is 178 Å². The average molecular weight is 410 g/mol. The first-order valence-corrected chi connectivity index (χ1v) is 10.7. The third kappa shape index (κ3) is 4.70. The van der Waals surface area contributed by atoms with Crippen LogP contribution < -0.4 is 14.8 Å². The Balaban J connectivity index is 1.33. The maximum Gasteiger partial charge on any atom is 0.321 e. The summed E-state index contributed by atoms with van der Waals surface area (Å²) in [6, 6.07) is 14.1. The fraction of sp³-hybridized carbons (Fsp3) is 0.458. The van der Waals surface area contributed by atoms with Gasteiger partial charge < -0.3 is 19.7 Å². The number of urea groups is 1. The zero-order chi connectivity index (χ0) is 20.9. The van der Waals surface area contributed by atoms with Crippen molar-refractivity contribution in [2.75, 3.05) is 45.7 Å². The first kappa shape index (κ1) is 20.5. The fourth-order valence-electron chi connectivity index (χ4n) is 4.59. The Morgan fingerprint density at radius 2 is 1.87 bits per heavy atom. The predicted octanol–water partition coefficient (Wildman–Crippen LogP) is 4.01. The first-order chi connectivity index (χ1) is 14.7. The lowest BCUT2D eigenvalue weighted by Gasteiger charge is -2.37. The summed E-state index contributed by atoms with van der Waals surface area (Å²) in [5.74, 6) is 1.77. The van der Waals surface area contributed by atoms with E-state index in [0.717, 1.165) is 45.6 Å². The summed E-state index contributed by atoms with van der Waals surface area (Å²) < 4.78 is 10.6. The first-order valence-electron chi connectivity index (χ1n) is 10.7. The number of benzene rings is 2. The standard InChI is InChI=1S/C24H31N3O3/c1-29-22-10-9-21(14-23(22)30-2)25-24(28)27-12-5-6-18(16-27)15-26-13-11-19-7-3-4-8-20(19)17-26/h3-4,7-10,14,18H,5-6,11-13,15-17H2,1-2H3,(H,25,28). The molecule has 1 N–H and O–H groups in total. The van der Waals surface area contributed by atoms with E-state index in [9.17, 15) is 4.79 Å². The number of anilines is 1. The quantitative estimate of drug-likeness (QED) is 0.811. The Bertz CT molecular complexity index is 886. The van der Waals surface area contributed by atoms with Gasteiger partial charge in [0.05, 0.1) is 14.2 Å². The van der Waals surface area contributed by atoms with E-state index in [2.05, 4.69) is 34.5 Å². The van der Waals surface area contributed by atoms with Crippen molar-refractivity contribution in [3.63, 3.8) is 0 Å². The van der Waals surface area contributed by atoms with Gasteiger partial charge in [0.2, 0.25) is 0 Å². The van der Waals surface area contributed by atoms with Crippen molar-refractivity contribution >= 4 is 11.7 Å². The van der Waals surface area contributed by atoms with E-state index in [1.807, 2.05) is 17.0 Å². The third-order valence-electron chi connectivity index (χ3n) is 6.17. The molecule has 2 aliphatic heterocycles. The monoisotopic (exact) mass is 409 g/mol. The summed E-state index contributed by atoms with van der Waals surface area (Å²) >= 11 is 0. The van der Waals surface area contributed by atoms with Crippen LogP contribution in [0.15, 0.2) is 42.5 Å². The summed E-state index contributed by atoms with van der Waals surface area (Å²) in [6.45, 7) is 4.78. The SMILES string of the molecule is COc1ccc(NC(=O)N2CCCC(CN3CCc4ccccc4C3)C2)cc1OC. The molecule has 0 bridgehead atoms. The molecular weight excluding hydrogens is 378 g/mol. The van der Waals surface area contributed by atoms with Crippen LogP contribution >= 0.6 is 0 Å². The normalized spacial score (nSPS) is 19.1. The van der Waals surface area contributed by atoms with Crippen LogP contribution in [0.2, 0.25) is 0 Å². The lowest BCUT2D eigenvalue weighted by atomic mass is 9.95. The summed E-state index contributed by atoms with van der Waals surface area (Å²) in [6.07, 6.45) is 3.35. The van der Waals surface area contributed by atoms with Crippen LogP contribution in [0.3, 0.4) is 0 Å². The van der Waals surface area contributed by atoms with Crippen LogP contribution in [0.25, 0.3) is 0 Å². The van der Waals surface area contributed by atoms with Gasteiger partial charge in [-0.3, -0.25) is 4.90 Å². The highest BCUT2D eigenvalue weighted by molar-refractivity contribution is 5.89. The van der Waals surface area contributed by atoms with Gasteiger partial charge in [-0.2, -0.15) is 0 Å². The van der Waals surface area contributed by atoms with Crippen molar-refractivity contribution in [1.82, 2.24) is 9.80 Å². The summed E-state index contributed by atoms with van der Waals surface area (Å²) in [4.78, 5) is 17.3. The number of methoxy groups -OCH3 is 2. The van der Waals surface area contributed by atoms with Crippen molar-refractivity contribution in [2.45, 2.75) is 25.8 Å². The largest absolute Gasteiger partial charge is 0.493 e. The maximum atomic E-state index is 12.9. The number of carbonyl (C=O) groups excluding carboxylic acids is 1. The van der Waals surface area contributed by atoms with Gasteiger partial charge in [-0.15, -0.1) is 0 Å². The second kappa shape index (κ2) is 9.39. The molecule has 6 nitrogen and oxygen atoms in total. The van der Waals surface area contributed by atoms with E-state index >= 15 is 0 Å². The summed E-state index contributed by atoms with van der Waals surface area (Å²) in [7, 11) is 3.20. The molecule has 2 aliphatic rings. The maximum absolute atomic E-state index is 12.9. The molecule has 0 aromatic heterocycles. The molecule has 0 radical (unpaired) electrons.